The zero-order chi connectivity index (χ0) is 11.3. The van der Waals surface area contributed by atoms with Gasteiger partial charge in [-0.25, -0.2) is 4.79 Å². The molecule has 1 aromatic heterocycles. The fourth-order valence-electron chi connectivity index (χ4n) is 1.35. The zero-order valence-corrected chi connectivity index (χ0v) is 9.38. The van der Waals surface area contributed by atoms with Gasteiger partial charge in [0.15, 0.2) is 0 Å². The van der Waals surface area contributed by atoms with E-state index in [1.165, 1.54) is 0 Å². The Hall–Kier alpha value is -1.38. The fraction of sp³-hybridized carbons (Fsp3) is 0.455. The summed E-state index contributed by atoms with van der Waals surface area (Å²) in [5.41, 5.74) is 2.53. The van der Waals surface area contributed by atoms with E-state index in [4.69, 9.17) is 5.11 Å². The van der Waals surface area contributed by atoms with Gasteiger partial charge in [-0.05, 0) is 32.4 Å². The second-order valence-corrected chi connectivity index (χ2v) is 2.85. The van der Waals surface area contributed by atoms with Gasteiger partial charge in [0.2, 0.25) is 0 Å². The highest BCUT2D eigenvalue weighted by Gasteiger charge is 2.11. The Morgan fingerprint density at radius 2 is 1.79 bits per heavy atom. The number of hydrogen-bond acceptors (Lipinski definition) is 2. The summed E-state index contributed by atoms with van der Waals surface area (Å²) in [6.45, 7) is 9.35. The highest BCUT2D eigenvalue weighted by molar-refractivity contribution is 5.90. The summed E-state index contributed by atoms with van der Waals surface area (Å²) in [6, 6.07) is 1.77. The maximum Gasteiger partial charge on any atom is 0.337 e. The van der Waals surface area contributed by atoms with Crippen LogP contribution in [-0.4, -0.2) is 16.1 Å². The Morgan fingerprint density at radius 3 is 2.14 bits per heavy atom. The fourth-order valence-corrected chi connectivity index (χ4v) is 1.35. The van der Waals surface area contributed by atoms with Crippen molar-refractivity contribution < 1.29 is 9.90 Å². The molecule has 78 valence electrons. The largest absolute Gasteiger partial charge is 0.478 e. The van der Waals surface area contributed by atoms with Crippen LogP contribution in [0.3, 0.4) is 0 Å². The van der Waals surface area contributed by atoms with Gasteiger partial charge in [0.05, 0.1) is 11.3 Å². The Bertz CT molecular complexity index is 309. The van der Waals surface area contributed by atoms with Crippen molar-refractivity contribution in [1.82, 2.24) is 4.98 Å². The Morgan fingerprint density at radius 1 is 1.29 bits per heavy atom. The first-order valence-electron chi connectivity index (χ1n) is 4.70. The monoisotopic (exact) mass is 195 g/mol. The number of aryl methyl sites for hydroxylation is 3. The third kappa shape index (κ3) is 2.83. The molecule has 1 rings (SSSR count). The van der Waals surface area contributed by atoms with Crippen molar-refractivity contribution in [3.63, 3.8) is 0 Å². The maximum atomic E-state index is 10.7. The molecule has 0 aromatic carbocycles. The Balaban J connectivity index is 0.000000791. The predicted octanol–water partition coefficient (Wildman–Crippen LogP) is 2.73. The van der Waals surface area contributed by atoms with Crippen molar-refractivity contribution in [2.75, 3.05) is 0 Å². The minimum absolute atomic E-state index is 0.320. The smallest absolute Gasteiger partial charge is 0.337 e. The number of aromatic carboxylic acids is 1. The molecule has 0 aliphatic rings. The van der Waals surface area contributed by atoms with Gasteiger partial charge in [-0.1, -0.05) is 13.8 Å². The van der Waals surface area contributed by atoms with Crippen molar-refractivity contribution in [3.05, 3.63) is 28.6 Å². The van der Waals surface area contributed by atoms with Crippen LogP contribution in [0, 0.1) is 20.8 Å². The molecule has 0 radical (unpaired) electrons. The molecule has 3 heteroatoms. The van der Waals surface area contributed by atoms with E-state index in [9.17, 15) is 4.79 Å². The van der Waals surface area contributed by atoms with Gasteiger partial charge in [-0.2, -0.15) is 0 Å². The predicted molar refractivity (Wildman–Crippen MR) is 56.8 cm³/mol. The standard InChI is InChI=1S/C9H11NO2.C2H6/c1-5-4-6(2)10-7(3)8(5)9(11)12;1-2/h4H,1-3H3,(H,11,12);1-2H3. The van der Waals surface area contributed by atoms with E-state index in [0.717, 1.165) is 11.3 Å². The first kappa shape index (κ1) is 12.6. The van der Waals surface area contributed by atoms with E-state index in [1.54, 1.807) is 19.9 Å². The van der Waals surface area contributed by atoms with Crippen LogP contribution in [-0.2, 0) is 0 Å². The SMILES string of the molecule is CC.Cc1cc(C)c(C(=O)O)c(C)n1. The molecule has 14 heavy (non-hydrogen) atoms. The van der Waals surface area contributed by atoms with Crippen molar-refractivity contribution in [2.24, 2.45) is 0 Å². The van der Waals surface area contributed by atoms with Gasteiger partial charge in [0, 0.05) is 5.69 Å². The number of nitrogens with zero attached hydrogens (tertiary/aromatic N) is 1. The van der Waals surface area contributed by atoms with E-state index in [2.05, 4.69) is 4.98 Å². The molecule has 0 spiro atoms. The van der Waals surface area contributed by atoms with Crippen LogP contribution < -0.4 is 0 Å². The zero-order valence-electron chi connectivity index (χ0n) is 9.38. The van der Waals surface area contributed by atoms with Crippen LogP contribution in [0.15, 0.2) is 6.07 Å². The highest BCUT2D eigenvalue weighted by Crippen LogP contribution is 2.12. The number of hydrogen-bond donors (Lipinski definition) is 1. The van der Waals surface area contributed by atoms with Crippen LogP contribution in [0.2, 0.25) is 0 Å². The lowest BCUT2D eigenvalue weighted by Gasteiger charge is -2.04. The summed E-state index contributed by atoms with van der Waals surface area (Å²) < 4.78 is 0. The number of aromatic nitrogens is 1. The van der Waals surface area contributed by atoms with E-state index in [-0.39, 0.29) is 0 Å². The molecule has 0 unspecified atom stereocenters. The first-order chi connectivity index (χ1) is 6.52. The third-order valence-corrected chi connectivity index (χ3v) is 1.74. The average Bonchev–Trinajstić information content (AvgIpc) is 2.04. The van der Waals surface area contributed by atoms with Crippen molar-refractivity contribution in [2.45, 2.75) is 34.6 Å². The number of rotatable bonds is 1. The summed E-state index contributed by atoms with van der Waals surface area (Å²) in [4.78, 5) is 14.8. The molecular weight excluding hydrogens is 178 g/mol. The topological polar surface area (TPSA) is 50.2 Å². The summed E-state index contributed by atoms with van der Waals surface area (Å²) >= 11 is 0. The molecule has 1 N–H and O–H groups in total. The van der Waals surface area contributed by atoms with Gasteiger partial charge in [0.25, 0.3) is 0 Å². The Kier molecular flexibility index (Phi) is 4.84. The molecule has 0 fully saturated rings. The minimum Gasteiger partial charge on any atom is -0.478 e. The lowest BCUT2D eigenvalue weighted by molar-refractivity contribution is 0.0695. The van der Waals surface area contributed by atoms with Gasteiger partial charge < -0.3 is 5.11 Å². The maximum absolute atomic E-state index is 10.7. The van der Waals surface area contributed by atoms with Gasteiger partial charge in [-0.3, -0.25) is 4.98 Å². The summed E-state index contributed by atoms with van der Waals surface area (Å²) in [5.74, 6) is -0.905. The summed E-state index contributed by atoms with van der Waals surface area (Å²) in [6.07, 6.45) is 0. The number of carboxylic acid groups (broad SMARTS) is 1. The molecule has 0 saturated carbocycles. The van der Waals surface area contributed by atoms with E-state index in [1.807, 2.05) is 20.8 Å². The molecule has 1 heterocycles. The molecule has 0 aliphatic heterocycles. The van der Waals surface area contributed by atoms with Crippen LogP contribution in [0.25, 0.3) is 0 Å². The molecular formula is C11H17NO2. The van der Waals surface area contributed by atoms with Gasteiger partial charge in [-0.15, -0.1) is 0 Å². The molecule has 3 nitrogen and oxygen atoms in total. The normalized spacial score (nSPS) is 8.93. The van der Waals surface area contributed by atoms with Crippen LogP contribution in [0.5, 0.6) is 0 Å². The number of pyridine rings is 1. The summed E-state index contributed by atoms with van der Waals surface area (Å²) in [7, 11) is 0. The number of carboxylic acids is 1. The quantitative estimate of drug-likeness (QED) is 0.749. The molecule has 0 saturated heterocycles. The van der Waals surface area contributed by atoms with Crippen LogP contribution in [0.4, 0.5) is 0 Å². The second kappa shape index (κ2) is 5.37. The molecule has 0 aliphatic carbocycles. The van der Waals surface area contributed by atoms with Crippen molar-refractivity contribution in [3.8, 4) is 0 Å². The van der Waals surface area contributed by atoms with Crippen molar-refractivity contribution in [1.29, 1.82) is 0 Å². The van der Waals surface area contributed by atoms with Crippen molar-refractivity contribution >= 4 is 5.97 Å². The van der Waals surface area contributed by atoms with E-state index in [0.29, 0.717) is 11.3 Å². The molecule has 0 amide bonds. The van der Waals surface area contributed by atoms with Gasteiger partial charge in [0.1, 0.15) is 0 Å². The summed E-state index contributed by atoms with van der Waals surface area (Å²) in [5, 5.41) is 8.80. The first-order valence-corrected chi connectivity index (χ1v) is 4.70. The third-order valence-electron chi connectivity index (χ3n) is 1.74. The average molecular weight is 195 g/mol. The number of carbonyl (C=O) groups is 1. The van der Waals surface area contributed by atoms with E-state index >= 15 is 0 Å². The molecule has 1 aromatic rings. The minimum atomic E-state index is -0.905. The van der Waals surface area contributed by atoms with E-state index < -0.39 is 5.97 Å². The van der Waals surface area contributed by atoms with Gasteiger partial charge >= 0.3 is 5.97 Å². The highest BCUT2D eigenvalue weighted by atomic mass is 16.4. The Labute approximate surface area is 84.8 Å². The molecule has 0 bridgehead atoms. The molecule has 0 atom stereocenters. The lowest BCUT2D eigenvalue weighted by atomic mass is 10.1. The van der Waals surface area contributed by atoms with Crippen LogP contribution >= 0.6 is 0 Å². The second-order valence-electron chi connectivity index (χ2n) is 2.85. The van der Waals surface area contributed by atoms with Crippen LogP contribution in [0.1, 0.15) is 41.2 Å². The lowest BCUT2D eigenvalue weighted by Crippen LogP contribution is -2.05.